The van der Waals surface area contributed by atoms with Crippen LogP contribution in [0.15, 0.2) is 91.0 Å². The summed E-state index contributed by atoms with van der Waals surface area (Å²) in [6.07, 6.45) is 0. The van der Waals surface area contributed by atoms with Crippen molar-refractivity contribution in [2.75, 3.05) is 13.2 Å². The summed E-state index contributed by atoms with van der Waals surface area (Å²) < 4.78 is 17.1. The van der Waals surface area contributed by atoms with E-state index in [9.17, 15) is 19.8 Å². The minimum Gasteiger partial charge on any atom is -0.508 e. The van der Waals surface area contributed by atoms with Gasteiger partial charge in [0.25, 0.3) is 0 Å². The molecule has 0 atom stereocenters. The highest BCUT2D eigenvalue weighted by atomic mass is 17.2. The number of hydrogen-bond acceptors (Lipinski definition) is 10. The quantitative estimate of drug-likeness (QED) is 0.0607. The number of carboxylic acid groups (broad SMARTS) is 1. The van der Waals surface area contributed by atoms with E-state index >= 15 is 0 Å². The first-order chi connectivity index (χ1) is 21.1. The predicted molar refractivity (Wildman–Crippen MR) is 157 cm³/mol. The highest BCUT2D eigenvalue weighted by molar-refractivity contribution is 6.03. The molecule has 0 amide bonds. The molecule has 11 nitrogen and oxygen atoms in total. The van der Waals surface area contributed by atoms with Crippen LogP contribution in [0.4, 0.5) is 0 Å². The predicted octanol–water partition coefficient (Wildman–Crippen LogP) is 6.29. The Bertz CT molecular complexity index is 1550. The van der Waals surface area contributed by atoms with Gasteiger partial charge in [-0.3, -0.25) is 5.26 Å². The van der Waals surface area contributed by atoms with Gasteiger partial charge in [0.05, 0.1) is 24.3 Å². The standard InChI is InChI=1S/C33H32O11/c1-33(2,21-40-26-10-14-28(15-11-26)44-42-19-23-6-4-3-5-22(23)18-41-38)20-39-25-8-12-27(13-9-25)43-32(37)30-17-24(34)7-16-29(30)31(35)36/h3-17,34,38H,18-21H2,1-2H3,(H,35,36). The molecule has 0 aliphatic heterocycles. The van der Waals surface area contributed by atoms with Gasteiger partial charge in [-0.2, -0.15) is 4.89 Å². The van der Waals surface area contributed by atoms with Crippen LogP contribution in [0.2, 0.25) is 0 Å². The second-order valence-electron chi connectivity index (χ2n) is 10.5. The van der Waals surface area contributed by atoms with Crippen molar-refractivity contribution in [2.24, 2.45) is 5.41 Å². The molecular weight excluding hydrogens is 572 g/mol. The van der Waals surface area contributed by atoms with E-state index in [-0.39, 0.29) is 41.3 Å². The number of carbonyl (C=O) groups is 2. The molecule has 0 bridgehead atoms. The first-order valence-electron chi connectivity index (χ1n) is 13.5. The number of ether oxygens (including phenoxy) is 3. The van der Waals surface area contributed by atoms with Gasteiger partial charge in [-0.05, 0) is 77.9 Å². The lowest BCUT2D eigenvalue weighted by molar-refractivity contribution is -0.253. The lowest BCUT2D eigenvalue weighted by atomic mass is 9.96. The number of hydrogen-bond donors (Lipinski definition) is 3. The Kier molecular flexibility index (Phi) is 10.8. The minimum atomic E-state index is -1.31. The fourth-order valence-corrected chi connectivity index (χ4v) is 3.91. The molecule has 0 aromatic heterocycles. The summed E-state index contributed by atoms with van der Waals surface area (Å²) in [4.78, 5) is 38.8. The van der Waals surface area contributed by atoms with Gasteiger partial charge in [-0.15, -0.1) is 0 Å². The van der Waals surface area contributed by atoms with E-state index in [0.717, 1.165) is 23.3 Å². The number of rotatable bonds is 15. The molecule has 0 radical (unpaired) electrons. The Morgan fingerprint density at radius 2 is 1.25 bits per heavy atom. The van der Waals surface area contributed by atoms with Crippen LogP contribution in [0, 0.1) is 5.41 Å². The van der Waals surface area contributed by atoms with Crippen LogP contribution in [0.5, 0.6) is 28.7 Å². The molecular formula is C33H32O11. The van der Waals surface area contributed by atoms with Crippen molar-refractivity contribution in [1.82, 2.24) is 0 Å². The van der Waals surface area contributed by atoms with Crippen molar-refractivity contribution < 1.29 is 53.9 Å². The van der Waals surface area contributed by atoms with E-state index in [2.05, 4.69) is 4.89 Å². The Morgan fingerprint density at radius 3 is 1.82 bits per heavy atom. The number of benzene rings is 4. The third-order valence-electron chi connectivity index (χ3n) is 6.28. The zero-order valence-corrected chi connectivity index (χ0v) is 24.1. The smallest absolute Gasteiger partial charge is 0.344 e. The summed E-state index contributed by atoms with van der Waals surface area (Å²) in [7, 11) is 0. The van der Waals surface area contributed by atoms with Gasteiger partial charge in [0.2, 0.25) is 0 Å². The Labute approximate surface area is 253 Å². The van der Waals surface area contributed by atoms with Gasteiger partial charge in [-0.1, -0.05) is 38.1 Å². The van der Waals surface area contributed by atoms with Crippen molar-refractivity contribution in [3.8, 4) is 28.7 Å². The number of esters is 1. The number of phenols is 1. The van der Waals surface area contributed by atoms with Crippen LogP contribution in [0.3, 0.4) is 0 Å². The number of aromatic carboxylic acids is 1. The topological polar surface area (TPSA) is 150 Å². The van der Waals surface area contributed by atoms with Gasteiger partial charge in [0.15, 0.2) is 5.75 Å². The van der Waals surface area contributed by atoms with E-state index < -0.39 is 11.9 Å². The number of phenolic OH excluding ortho intramolecular Hbond substituents is 1. The summed E-state index contributed by atoms with van der Waals surface area (Å²) in [6, 6.07) is 24.0. The third-order valence-corrected chi connectivity index (χ3v) is 6.28. The van der Waals surface area contributed by atoms with Crippen LogP contribution >= 0.6 is 0 Å². The monoisotopic (exact) mass is 604 g/mol. The molecule has 44 heavy (non-hydrogen) atoms. The van der Waals surface area contributed by atoms with Crippen LogP contribution in [0.25, 0.3) is 0 Å². The van der Waals surface area contributed by atoms with Gasteiger partial charge in [0, 0.05) is 5.41 Å². The lowest BCUT2D eigenvalue weighted by Gasteiger charge is -2.25. The molecule has 0 heterocycles. The fourth-order valence-electron chi connectivity index (χ4n) is 3.91. The van der Waals surface area contributed by atoms with E-state index in [4.69, 9.17) is 29.2 Å². The maximum absolute atomic E-state index is 12.5. The maximum atomic E-state index is 12.5. The average Bonchev–Trinajstić information content (AvgIpc) is 3.01. The Balaban J connectivity index is 1.21. The zero-order valence-electron chi connectivity index (χ0n) is 24.1. The van der Waals surface area contributed by atoms with Crippen molar-refractivity contribution in [3.05, 3.63) is 113 Å². The second kappa shape index (κ2) is 14.9. The normalized spacial score (nSPS) is 11.1. The summed E-state index contributed by atoms with van der Waals surface area (Å²) in [6.45, 7) is 4.89. The molecule has 4 rings (SSSR count). The van der Waals surface area contributed by atoms with Gasteiger partial charge in [0.1, 0.15) is 36.2 Å². The maximum Gasteiger partial charge on any atom is 0.344 e. The van der Waals surface area contributed by atoms with Gasteiger partial charge in [-0.25, -0.2) is 14.5 Å². The molecule has 0 spiro atoms. The molecule has 0 aliphatic carbocycles. The molecule has 3 N–H and O–H groups in total. The largest absolute Gasteiger partial charge is 0.508 e. The lowest BCUT2D eigenvalue weighted by Crippen LogP contribution is -2.28. The average molecular weight is 605 g/mol. The van der Waals surface area contributed by atoms with Crippen LogP contribution in [0.1, 0.15) is 45.7 Å². The van der Waals surface area contributed by atoms with E-state index in [0.29, 0.717) is 30.5 Å². The minimum absolute atomic E-state index is 0.0527. The zero-order chi connectivity index (χ0) is 31.5. The Hall–Kier alpha value is -5.10. The van der Waals surface area contributed by atoms with Crippen LogP contribution < -0.4 is 19.1 Å². The molecule has 4 aromatic carbocycles. The third kappa shape index (κ3) is 9.20. The molecule has 11 heteroatoms. The first kappa shape index (κ1) is 31.8. The van der Waals surface area contributed by atoms with Crippen molar-refractivity contribution >= 4 is 11.9 Å². The molecule has 0 saturated carbocycles. The van der Waals surface area contributed by atoms with Gasteiger partial charge < -0.3 is 29.3 Å². The molecule has 230 valence electrons. The molecule has 0 unspecified atom stereocenters. The molecule has 0 aliphatic rings. The van der Waals surface area contributed by atoms with Crippen LogP contribution in [-0.4, -0.2) is 40.6 Å². The van der Waals surface area contributed by atoms with Crippen molar-refractivity contribution in [2.45, 2.75) is 27.1 Å². The highest BCUT2D eigenvalue weighted by Crippen LogP contribution is 2.25. The van der Waals surface area contributed by atoms with Gasteiger partial charge >= 0.3 is 11.9 Å². The first-order valence-corrected chi connectivity index (χ1v) is 13.5. The summed E-state index contributed by atoms with van der Waals surface area (Å²) >= 11 is 0. The SMILES string of the molecule is CC(C)(COc1ccc(OOCc2ccccc2COO)cc1)COc1ccc(OC(=O)c2cc(O)ccc2C(=O)O)cc1. The highest BCUT2D eigenvalue weighted by Gasteiger charge is 2.22. The fraction of sp³-hybridized carbons (Fsp3) is 0.212. The van der Waals surface area contributed by atoms with Crippen LogP contribution in [-0.2, 0) is 23.0 Å². The summed E-state index contributed by atoms with van der Waals surface area (Å²) in [5.41, 5.74) is 0.709. The van der Waals surface area contributed by atoms with E-state index in [1.807, 2.05) is 38.1 Å². The second-order valence-corrected chi connectivity index (χ2v) is 10.5. The molecule has 4 aromatic rings. The Morgan fingerprint density at radius 1 is 0.705 bits per heavy atom. The van der Waals surface area contributed by atoms with E-state index in [1.165, 1.54) is 18.2 Å². The summed E-state index contributed by atoms with van der Waals surface area (Å²) in [5.74, 6) is -0.619. The molecule has 0 fully saturated rings. The van der Waals surface area contributed by atoms with Crippen molar-refractivity contribution in [1.29, 1.82) is 0 Å². The van der Waals surface area contributed by atoms with E-state index in [1.54, 1.807) is 36.4 Å². The van der Waals surface area contributed by atoms with Crippen molar-refractivity contribution in [3.63, 3.8) is 0 Å². The number of aromatic hydroxyl groups is 1. The summed E-state index contributed by atoms with van der Waals surface area (Å²) in [5, 5.41) is 27.7. The number of carboxylic acids is 1. The number of carbonyl (C=O) groups excluding carboxylic acids is 1. The molecule has 0 saturated heterocycles.